The Balaban J connectivity index is 2.11. The van der Waals surface area contributed by atoms with Gasteiger partial charge in [0.25, 0.3) is 0 Å². The van der Waals surface area contributed by atoms with Crippen molar-refractivity contribution in [2.75, 3.05) is 13.1 Å². The Kier molecular flexibility index (Phi) is 5.35. The molecule has 0 aliphatic rings. The van der Waals surface area contributed by atoms with Crippen LogP contribution in [0.3, 0.4) is 0 Å². The van der Waals surface area contributed by atoms with Crippen molar-refractivity contribution in [1.29, 1.82) is 5.26 Å². The predicted molar refractivity (Wildman–Crippen MR) is 82.6 cm³/mol. The van der Waals surface area contributed by atoms with E-state index in [-0.39, 0.29) is 12.5 Å². The van der Waals surface area contributed by atoms with Crippen molar-refractivity contribution in [3.8, 4) is 6.07 Å². The number of amides is 1. The number of fused-ring (bicyclic) bond motifs is 1. The third kappa shape index (κ3) is 3.83. The number of hydrogen-bond acceptors (Lipinski definition) is 3. The Hall–Kier alpha value is -2.32. The lowest BCUT2D eigenvalue weighted by Crippen LogP contribution is -2.28. The summed E-state index contributed by atoms with van der Waals surface area (Å²) in [5.41, 5.74) is 2.29. The first kappa shape index (κ1) is 15.1. The maximum absolute atomic E-state index is 11.8. The number of nitrogens with zero attached hydrogens (tertiary/aromatic N) is 2. The third-order valence-electron chi connectivity index (χ3n) is 3.34. The predicted octanol–water partition coefficient (Wildman–Crippen LogP) is 1.78. The second kappa shape index (κ2) is 7.46. The summed E-state index contributed by atoms with van der Waals surface area (Å²) in [6.45, 7) is 4.52. The van der Waals surface area contributed by atoms with Crippen LogP contribution < -0.4 is 10.6 Å². The number of nitrogens with one attached hydrogen (secondary N) is 2. The molecule has 0 saturated carbocycles. The van der Waals surface area contributed by atoms with E-state index < -0.39 is 0 Å². The Morgan fingerprint density at radius 3 is 3.00 bits per heavy atom. The zero-order valence-electron chi connectivity index (χ0n) is 12.2. The van der Waals surface area contributed by atoms with E-state index in [1.807, 2.05) is 35.0 Å². The molecule has 21 heavy (non-hydrogen) atoms. The fourth-order valence-corrected chi connectivity index (χ4v) is 2.31. The van der Waals surface area contributed by atoms with Crippen molar-refractivity contribution < 1.29 is 4.79 Å². The van der Waals surface area contributed by atoms with Crippen molar-refractivity contribution in [3.63, 3.8) is 0 Å². The zero-order chi connectivity index (χ0) is 15.1. The number of nitriles is 1. The minimum atomic E-state index is -0.0696. The lowest BCUT2D eigenvalue weighted by molar-refractivity contribution is -0.121. The summed E-state index contributed by atoms with van der Waals surface area (Å²) in [6.07, 6.45) is 2.27. The van der Waals surface area contributed by atoms with Gasteiger partial charge in [-0.05, 0) is 24.2 Å². The molecule has 5 heteroatoms. The summed E-state index contributed by atoms with van der Waals surface area (Å²) in [5, 5.41) is 15.7. The van der Waals surface area contributed by atoms with Crippen molar-refractivity contribution in [3.05, 3.63) is 36.0 Å². The van der Waals surface area contributed by atoms with Crippen LogP contribution in [0.25, 0.3) is 10.9 Å². The number of carbonyl (C=O) groups is 1. The molecule has 0 saturated heterocycles. The molecule has 5 nitrogen and oxygen atoms in total. The van der Waals surface area contributed by atoms with Crippen LogP contribution in [0.4, 0.5) is 0 Å². The molecule has 0 aliphatic carbocycles. The molecule has 2 N–H and O–H groups in total. The van der Waals surface area contributed by atoms with Crippen LogP contribution in [0.1, 0.15) is 18.9 Å². The number of benzene rings is 1. The average Bonchev–Trinajstić information content (AvgIpc) is 2.89. The van der Waals surface area contributed by atoms with Gasteiger partial charge in [0.1, 0.15) is 6.54 Å². The maximum atomic E-state index is 11.8. The van der Waals surface area contributed by atoms with Crippen molar-refractivity contribution in [2.45, 2.75) is 26.4 Å². The smallest absolute Gasteiger partial charge is 0.239 e. The number of hydrogen-bond donors (Lipinski definition) is 2. The molecule has 0 spiro atoms. The molecule has 110 valence electrons. The van der Waals surface area contributed by atoms with Crippen LogP contribution in [0.15, 0.2) is 30.5 Å². The first-order chi connectivity index (χ1) is 10.3. The van der Waals surface area contributed by atoms with Crippen LogP contribution >= 0.6 is 0 Å². The van der Waals surface area contributed by atoms with E-state index in [4.69, 9.17) is 5.26 Å². The zero-order valence-corrected chi connectivity index (χ0v) is 12.2. The second-order valence-electron chi connectivity index (χ2n) is 4.83. The molecule has 0 bridgehead atoms. The quantitative estimate of drug-likeness (QED) is 0.761. The highest BCUT2D eigenvalue weighted by atomic mass is 16.1. The van der Waals surface area contributed by atoms with Gasteiger partial charge in [0.15, 0.2) is 0 Å². The molecule has 1 heterocycles. The fraction of sp³-hybridized carbons (Fsp3) is 0.375. The molecule has 2 rings (SSSR count). The molecule has 1 aromatic heterocycles. The fourth-order valence-electron chi connectivity index (χ4n) is 2.31. The monoisotopic (exact) mass is 284 g/mol. The lowest BCUT2D eigenvalue weighted by atomic mass is 10.1. The standard InChI is InChI=1S/C16H20N4O/c1-2-18-11-13-5-3-6-15-14(13)7-10-20(15)12-16(21)19-9-4-8-17/h3,5-7,10,18H,2,4,9,11-12H2,1H3,(H,19,21). The summed E-state index contributed by atoms with van der Waals surface area (Å²) in [4.78, 5) is 11.8. The summed E-state index contributed by atoms with van der Waals surface area (Å²) >= 11 is 0. The van der Waals surface area contributed by atoms with Crippen LogP contribution in [-0.2, 0) is 17.9 Å². The van der Waals surface area contributed by atoms with Gasteiger partial charge in [0.05, 0.1) is 12.5 Å². The third-order valence-corrected chi connectivity index (χ3v) is 3.34. The highest BCUT2D eigenvalue weighted by Gasteiger charge is 2.08. The van der Waals surface area contributed by atoms with Gasteiger partial charge in [-0.3, -0.25) is 4.79 Å². The molecule has 0 fully saturated rings. The summed E-state index contributed by atoms with van der Waals surface area (Å²) < 4.78 is 1.94. The molecule has 0 aliphatic heterocycles. The number of rotatable bonds is 7. The minimum absolute atomic E-state index is 0.0696. The minimum Gasteiger partial charge on any atom is -0.354 e. The highest BCUT2D eigenvalue weighted by molar-refractivity contribution is 5.85. The van der Waals surface area contributed by atoms with Crippen LogP contribution in [0.2, 0.25) is 0 Å². The van der Waals surface area contributed by atoms with Gasteiger partial charge >= 0.3 is 0 Å². The van der Waals surface area contributed by atoms with Gasteiger partial charge in [-0.15, -0.1) is 0 Å². The van der Waals surface area contributed by atoms with Gasteiger partial charge in [-0.1, -0.05) is 19.1 Å². The lowest BCUT2D eigenvalue weighted by Gasteiger charge is -2.08. The molecule has 0 unspecified atom stereocenters. The number of aromatic nitrogens is 1. The SMILES string of the molecule is CCNCc1cccc2c1ccn2CC(=O)NCCC#N. The second-order valence-corrected chi connectivity index (χ2v) is 4.83. The normalized spacial score (nSPS) is 10.5. The molecule has 0 atom stereocenters. The highest BCUT2D eigenvalue weighted by Crippen LogP contribution is 2.20. The largest absolute Gasteiger partial charge is 0.354 e. The Morgan fingerprint density at radius 2 is 2.24 bits per heavy atom. The first-order valence-corrected chi connectivity index (χ1v) is 7.17. The van der Waals surface area contributed by atoms with Crippen molar-refractivity contribution in [1.82, 2.24) is 15.2 Å². The molecular weight excluding hydrogens is 264 g/mol. The van der Waals surface area contributed by atoms with E-state index in [0.29, 0.717) is 13.0 Å². The van der Waals surface area contributed by atoms with Crippen molar-refractivity contribution >= 4 is 16.8 Å². The van der Waals surface area contributed by atoms with Gasteiger partial charge in [0.2, 0.25) is 5.91 Å². The van der Waals surface area contributed by atoms with E-state index in [1.54, 1.807) is 0 Å². The summed E-state index contributed by atoms with van der Waals surface area (Å²) in [5.74, 6) is -0.0696. The van der Waals surface area contributed by atoms with E-state index in [0.717, 1.165) is 18.6 Å². The maximum Gasteiger partial charge on any atom is 0.239 e. The van der Waals surface area contributed by atoms with Crippen LogP contribution in [0, 0.1) is 11.3 Å². The Morgan fingerprint density at radius 1 is 1.38 bits per heavy atom. The van der Waals surface area contributed by atoms with Crippen molar-refractivity contribution in [2.24, 2.45) is 0 Å². The summed E-state index contributed by atoms with van der Waals surface area (Å²) in [7, 11) is 0. The Labute approximate surface area is 124 Å². The van der Waals surface area contributed by atoms with Gasteiger partial charge in [-0.2, -0.15) is 5.26 Å². The first-order valence-electron chi connectivity index (χ1n) is 7.17. The summed E-state index contributed by atoms with van der Waals surface area (Å²) in [6, 6.07) is 10.2. The molecule has 0 radical (unpaired) electrons. The van der Waals surface area contributed by atoms with E-state index in [2.05, 4.69) is 23.6 Å². The molecule has 2 aromatic rings. The average molecular weight is 284 g/mol. The van der Waals surface area contributed by atoms with Crippen LogP contribution in [-0.4, -0.2) is 23.6 Å². The van der Waals surface area contributed by atoms with E-state index in [1.165, 1.54) is 10.9 Å². The van der Waals surface area contributed by atoms with E-state index >= 15 is 0 Å². The van der Waals surface area contributed by atoms with Gasteiger partial charge in [0, 0.05) is 30.2 Å². The molecule has 1 aromatic carbocycles. The van der Waals surface area contributed by atoms with Crippen LogP contribution in [0.5, 0.6) is 0 Å². The Bertz CT molecular complexity index is 654. The van der Waals surface area contributed by atoms with Gasteiger partial charge in [-0.25, -0.2) is 0 Å². The van der Waals surface area contributed by atoms with E-state index in [9.17, 15) is 4.79 Å². The molecule has 1 amide bonds. The van der Waals surface area contributed by atoms with Gasteiger partial charge < -0.3 is 15.2 Å². The molecular formula is C16H20N4O. The topological polar surface area (TPSA) is 69.8 Å². The number of carbonyl (C=O) groups excluding carboxylic acids is 1.